The smallest absolute Gasteiger partial charge is 0.272 e. The van der Waals surface area contributed by atoms with Crippen LogP contribution in [0, 0.1) is 0 Å². The van der Waals surface area contributed by atoms with Gasteiger partial charge in [0.25, 0.3) is 5.91 Å². The van der Waals surface area contributed by atoms with E-state index in [9.17, 15) is 4.79 Å². The van der Waals surface area contributed by atoms with Gasteiger partial charge in [-0.15, -0.1) is 0 Å². The van der Waals surface area contributed by atoms with Gasteiger partial charge in [0.2, 0.25) is 0 Å². The molecule has 1 heterocycles. The zero-order valence-corrected chi connectivity index (χ0v) is 23.0. The van der Waals surface area contributed by atoms with Crippen LogP contribution in [-0.2, 0) is 0 Å². The van der Waals surface area contributed by atoms with E-state index in [2.05, 4.69) is 20.9 Å². The molecule has 0 spiro atoms. The average molecular weight is 544 g/mol. The number of hydrazone groups is 1. The van der Waals surface area contributed by atoms with Crippen LogP contribution in [0.15, 0.2) is 71.8 Å². The molecule has 0 unspecified atom stereocenters. The molecule has 1 amide bonds. The summed E-state index contributed by atoms with van der Waals surface area (Å²) in [5, 5.41) is 12.9. The largest absolute Gasteiger partial charge is 0.496 e. The number of nitrogens with one attached hydrogen (secondary N) is 2. The zero-order valence-electron chi connectivity index (χ0n) is 23.0. The van der Waals surface area contributed by atoms with Crippen molar-refractivity contribution in [3.63, 3.8) is 0 Å². The Kier molecular flexibility index (Phi) is 9.95. The number of nitrogens with two attached hydrogens (primary N) is 2. The monoisotopic (exact) mass is 543 g/mol. The summed E-state index contributed by atoms with van der Waals surface area (Å²) in [4.78, 5) is 13.0. The molecule has 0 radical (unpaired) electrons. The van der Waals surface area contributed by atoms with E-state index in [0.717, 1.165) is 16.5 Å². The van der Waals surface area contributed by atoms with Crippen LogP contribution in [0.1, 0.15) is 49.0 Å². The van der Waals surface area contributed by atoms with Crippen LogP contribution in [0.2, 0.25) is 0 Å². The molecule has 1 aliphatic rings. The topological polar surface area (TPSA) is 142 Å². The summed E-state index contributed by atoms with van der Waals surface area (Å²) in [6.45, 7) is 0.0142. The highest BCUT2D eigenvalue weighted by Crippen LogP contribution is 2.40. The van der Waals surface area contributed by atoms with Gasteiger partial charge in [-0.2, -0.15) is 10.2 Å². The van der Waals surface area contributed by atoms with Crippen molar-refractivity contribution in [1.29, 1.82) is 0 Å². The molecular formula is C30H37N7O3. The molecule has 0 atom stereocenters. The molecule has 4 aromatic rings. The first-order chi connectivity index (χ1) is 19.6. The summed E-state index contributed by atoms with van der Waals surface area (Å²) >= 11 is 0. The number of methoxy groups -OCH3 is 2. The first kappa shape index (κ1) is 28.4. The quantitative estimate of drug-likeness (QED) is 0.116. The molecule has 0 bridgehead atoms. The van der Waals surface area contributed by atoms with Gasteiger partial charge in [-0.3, -0.25) is 4.79 Å². The van der Waals surface area contributed by atoms with Crippen LogP contribution in [0.4, 0.5) is 0 Å². The summed E-state index contributed by atoms with van der Waals surface area (Å²) < 4.78 is 13.0. The summed E-state index contributed by atoms with van der Waals surface area (Å²) in [7, 11) is 3.16. The number of amides is 1. The third-order valence-electron chi connectivity index (χ3n) is 6.86. The Bertz CT molecular complexity index is 1420. The van der Waals surface area contributed by atoms with Crippen LogP contribution >= 0.6 is 0 Å². The normalized spacial score (nSPS) is 13.2. The SMILES string of the molecule is C1CCCCC1.COc1cccc(OC)c1-c1cc(C(=O)NC/C(=N/N)NN)nn1-c1cccc2ccccc12. The van der Waals surface area contributed by atoms with Gasteiger partial charge in [-0.05, 0) is 29.7 Å². The second kappa shape index (κ2) is 14.0. The minimum absolute atomic E-state index is 0.0142. The number of carbonyl (C=O) groups is 1. The molecule has 3 aromatic carbocycles. The molecule has 1 aliphatic carbocycles. The van der Waals surface area contributed by atoms with Crippen molar-refractivity contribution in [2.24, 2.45) is 16.8 Å². The van der Waals surface area contributed by atoms with Gasteiger partial charge in [0.15, 0.2) is 11.5 Å². The van der Waals surface area contributed by atoms with E-state index in [1.54, 1.807) is 25.0 Å². The third kappa shape index (κ3) is 6.52. The molecule has 40 heavy (non-hydrogen) atoms. The van der Waals surface area contributed by atoms with Gasteiger partial charge in [0.05, 0.1) is 37.7 Å². The average Bonchev–Trinajstić information content (AvgIpc) is 3.46. The highest BCUT2D eigenvalue weighted by molar-refractivity contribution is 5.98. The minimum atomic E-state index is -0.425. The van der Waals surface area contributed by atoms with Crippen LogP contribution in [0.3, 0.4) is 0 Å². The van der Waals surface area contributed by atoms with Gasteiger partial charge in [-0.25, -0.2) is 10.5 Å². The van der Waals surface area contributed by atoms with Crippen molar-refractivity contribution in [3.8, 4) is 28.4 Å². The first-order valence-corrected chi connectivity index (χ1v) is 13.4. The molecule has 1 aromatic heterocycles. The number of nitrogens with zero attached hydrogens (tertiary/aromatic N) is 3. The number of carbonyl (C=O) groups excluding carboxylic acids is 1. The van der Waals surface area contributed by atoms with E-state index >= 15 is 0 Å². The van der Waals surface area contributed by atoms with Crippen molar-refractivity contribution in [1.82, 2.24) is 20.5 Å². The van der Waals surface area contributed by atoms with Crippen molar-refractivity contribution in [2.45, 2.75) is 38.5 Å². The van der Waals surface area contributed by atoms with Crippen LogP contribution in [0.25, 0.3) is 27.7 Å². The minimum Gasteiger partial charge on any atom is -0.496 e. The van der Waals surface area contributed by atoms with Gasteiger partial charge in [0.1, 0.15) is 11.5 Å². The van der Waals surface area contributed by atoms with Gasteiger partial charge >= 0.3 is 0 Å². The number of rotatable bonds is 7. The summed E-state index contributed by atoms with van der Waals surface area (Å²) in [6, 6.07) is 21.0. The van der Waals surface area contributed by atoms with E-state index in [1.807, 2.05) is 60.7 Å². The fourth-order valence-corrected chi connectivity index (χ4v) is 4.80. The third-order valence-corrected chi connectivity index (χ3v) is 6.86. The summed E-state index contributed by atoms with van der Waals surface area (Å²) in [5.41, 5.74) is 4.60. The molecule has 0 aliphatic heterocycles. The molecule has 5 rings (SSSR count). The van der Waals surface area contributed by atoms with Crippen LogP contribution < -0.4 is 31.9 Å². The van der Waals surface area contributed by atoms with Gasteiger partial charge in [-0.1, -0.05) is 81.0 Å². The fourth-order valence-electron chi connectivity index (χ4n) is 4.80. The van der Waals surface area contributed by atoms with Crippen molar-refractivity contribution in [2.75, 3.05) is 20.8 Å². The number of ether oxygens (including phenoxy) is 2. The molecule has 10 nitrogen and oxygen atoms in total. The Balaban J connectivity index is 0.000000546. The number of hydrogen-bond acceptors (Lipinski definition) is 7. The maximum atomic E-state index is 13.0. The van der Waals surface area contributed by atoms with Crippen molar-refractivity contribution in [3.05, 3.63) is 72.4 Å². The van der Waals surface area contributed by atoms with Crippen molar-refractivity contribution >= 4 is 22.5 Å². The fraction of sp³-hybridized carbons (Fsp3) is 0.300. The zero-order chi connectivity index (χ0) is 28.3. The number of fused-ring (bicyclic) bond motifs is 1. The Labute approximate surface area is 234 Å². The predicted molar refractivity (Wildman–Crippen MR) is 159 cm³/mol. The first-order valence-electron chi connectivity index (χ1n) is 13.4. The maximum absolute atomic E-state index is 13.0. The molecule has 6 N–H and O–H groups in total. The van der Waals surface area contributed by atoms with Gasteiger partial charge < -0.3 is 26.1 Å². The molecular weight excluding hydrogens is 506 g/mol. The predicted octanol–water partition coefficient (Wildman–Crippen LogP) is 4.52. The van der Waals surface area contributed by atoms with Crippen LogP contribution in [0.5, 0.6) is 11.5 Å². The molecule has 1 fully saturated rings. The number of amidine groups is 1. The van der Waals surface area contributed by atoms with E-state index in [1.165, 1.54) is 38.5 Å². The Morgan fingerprint density at radius 3 is 2.12 bits per heavy atom. The van der Waals surface area contributed by atoms with Crippen molar-refractivity contribution < 1.29 is 14.3 Å². The van der Waals surface area contributed by atoms with E-state index in [0.29, 0.717) is 22.8 Å². The second-order valence-corrected chi connectivity index (χ2v) is 9.39. The van der Waals surface area contributed by atoms with Crippen LogP contribution in [-0.4, -0.2) is 42.3 Å². The molecule has 210 valence electrons. The Hall–Kier alpha value is -4.57. The highest BCUT2D eigenvalue weighted by atomic mass is 16.5. The standard InChI is InChI=1S/C24H25N7O3.C6H12/c1-33-20-11-6-12-21(34-2)23(20)19-13-17(24(32)27-14-22(28-25)29-26)30-31(19)18-10-5-8-15-7-3-4-9-16(15)18;1-2-4-6-5-3-1/h3-13H,14,25-26H2,1-2H3,(H,27,32)(H,28,29);1-6H2. The van der Waals surface area contributed by atoms with E-state index in [4.69, 9.17) is 21.2 Å². The molecule has 10 heteroatoms. The lowest BCUT2D eigenvalue weighted by Crippen LogP contribution is -2.41. The Morgan fingerprint density at radius 1 is 0.925 bits per heavy atom. The maximum Gasteiger partial charge on any atom is 0.272 e. The lowest BCUT2D eigenvalue weighted by Gasteiger charge is -2.15. The molecule has 0 saturated heterocycles. The number of aromatic nitrogens is 2. The highest BCUT2D eigenvalue weighted by Gasteiger charge is 2.23. The summed E-state index contributed by atoms with van der Waals surface area (Å²) in [6.07, 6.45) is 9.00. The van der Waals surface area contributed by atoms with Gasteiger partial charge in [0, 0.05) is 5.39 Å². The lowest BCUT2D eigenvalue weighted by molar-refractivity contribution is 0.0953. The number of hydrazine groups is 1. The summed E-state index contributed by atoms with van der Waals surface area (Å²) in [5.74, 6) is 11.6. The van der Waals surface area contributed by atoms with E-state index in [-0.39, 0.29) is 18.1 Å². The van der Waals surface area contributed by atoms with E-state index < -0.39 is 5.91 Å². The molecule has 1 saturated carbocycles. The second-order valence-electron chi connectivity index (χ2n) is 9.39. The number of benzene rings is 3. The Morgan fingerprint density at radius 2 is 1.52 bits per heavy atom. The lowest BCUT2D eigenvalue weighted by atomic mass is 10.0. The number of hydrogen-bond donors (Lipinski definition) is 4.